The number of rotatable bonds is 5. The first-order chi connectivity index (χ1) is 9.61. The molecule has 0 unspecified atom stereocenters. The van der Waals surface area contributed by atoms with Gasteiger partial charge in [0.15, 0.2) is 0 Å². The number of hydrogen-bond donors (Lipinski definition) is 3. The Morgan fingerprint density at radius 1 is 1.25 bits per heavy atom. The Kier molecular flexibility index (Phi) is 4.10. The van der Waals surface area contributed by atoms with Crippen LogP contribution in [0.25, 0.3) is 0 Å². The third kappa shape index (κ3) is 3.00. The summed E-state index contributed by atoms with van der Waals surface area (Å²) in [4.78, 5) is 11.3. The van der Waals surface area contributed by atoms with Crippen molar-refractivity contribution in [1.29, 1.82) is 0 Å². The molecule has 0 radical (unpaired) electrons. The molecule has 0 saturated carbocycles. The molecule has 2 rings (SSSR count). The molecule has 2 aromatic carbocycles. The predicted molar refractivity (Wildman–Crippen MR) is 79.7 cm³/mol. The third-order valence-electron chi connectivity index (χ3n) is 2.97. The van der Waals surface area contributed by atoms with Crippen LogP contribution in [0.2, 0.25) is 0 Å². The highest BCUT2D eigenvalue weighted by molar-refractivity contribution is 5.98. The fourth-order valence-corrected chi connectivity index (χ4v) is 1.98. The van der Waals surface area contributed by atoms with E-state index in [1.165, 1.54) is 0 Å². The summed E-state index contributed by atoms with van der Waals surface area (Å²) < 4.78 is 5.28. The van der Waals surface area contributed by atoms with Crippen molar-refractivity contribution < 1.29 is 9.53 Å². The number of benzene rings is 2. The number of carbonyl (C=O) groups excluding carboxylic acids is 1. The second kappa shape index (κ2) is 5.97. The first-order valence-corrected chi connectivity index (χ1v) is 6.17. The van der Waals surface area contributed by atoms with E-state index in [0.29, 0.717) is 23.5 Å². The average molecular weight is 271 g/mol. The molecule has 1 amide bonds. The lowest BCUT2D eigenvalue weighted by Gasteiger charge is -2.13. The van der Waals surface area contributed by atoms with E-state index < -0.39 is 5.91 Å². The van der Waals surface area contributed by atoms with E-state index in [0.717, 1.165) is 11.3 Å². The van der Waals surface area contributed by atoms with E-state index in [2.05, 4.69) is 5.32 Å². The normalized spacial score (nSPS) is 10.1. The summed E-state index contributed by atoms with van der Waals surface area (Å²) in [6.45, 7) is 0.485. The highest BCUT2D eigenvalue weighted by Gasteiger charge is 2.08. The molecule has 0 saturated heterocycles. The number of ether oxygens (including phenoxy) is 1. The fraction of sp³-hybridized carbons (Fsp3) is 0.133. The smallest absolute Gasteiger partial charge is 0.250 e. The SMILES string of the molecule is COc1ccc(N)cc1CNc1ccccc1C(N)=O. The zero-order valence-electron chi connectivity index (χ0n) is 11.2. The first-order valence-electron chi connectivity index (χ1n) is 6.17. The summed E-state index contributed by atoms with van der Waals surface area (Å²) in [5, 5.41) is 3.18. The van der Waals surface area contributed by atoms with Crippen LogP contribution in [0.15, 0.2) is 42.5 Å². The average Bonchev–Trinajstić information content (AvgIpc) is 2.45. The Labute approximate surface area is 117 Å². The van der Waals surface area contributed by atoms with Crippen LogP contribution in [-0.4, -0.2) is 13.0 Å². The molecule has 5 nitrogen and oxygen atoms in total. The van der Waals surface area contributed by atoms with Crippen molar-refractivity contribution in [3.05, 3.63) is 53.6 Å². The molecular formula is C15H17N3O2. The molecule has 0 heterocycles. The van der Waals surface area contributed by atoms with Gasteiger partial charge in [0.05, 0.1) is 12.7 Å². The highest BCUT2D eigenvalue weighted by Crippen LogP contribution is 2.23. The van der Waals surface area contributed by atoms with Gasteiger partial charge < -0.3 is 21.5 Å². The quantitative estimate of drug-likeness (QED) is 0.725. The van der Waals surface area contributed by atoms with Crippen molar-refractivity contribution in [3.63, 3.8) is 0 Å². The maximum Gasteiger partial charge on any atom is 0.250 e. The molecule has 5 heteroatoms. The monoisotopic (exact) mass is 271 g/mol. The Hall–Kier alpha value is -2.69. The lowest BCUT2D eigenvalue weighted by Crippen LogP contribution is -2.14. The summed E-state index contributed by atoms with van der Waals surface area (Å²) in [6.07, 6.45) is 0. The first kappa shape index (κ1) is 13.7. The Bertz CT molecular complexity index is 626. The van der Waals surface area contributed by atoms with Crippen LogP contribution in [0.1, 0.15) is 15.9 Å². The largest absolute Gasteiger partial charge is 0.496 e. The van der Waals surface area contributed by atoms with Crippen molar-refractivity contribution in [1.82, 2.24) is 0 Å². The van der Waals surface area contributed by atoms with Crippen molar-refractivity contribution >= 4 is 17.3 Å². The molecule has 0 bridgehead atoms. The zero-order valence-corrected chi connectivity index (χ0v) is 11.2. The number of methoxy groups -OCH3 is 1. The number of carbonyl (C=O) groups is 1. The predicted octanol–water partition coefficient (Wildman–Crippen LogP) is 1.99. The van der Waals surface area contributed by atoms with E-state index in [-0.39, 0.29) is 0 Å². The molecular weight excluding hydrogens is 254 g/mol. The van der Waals surface area contributed by atoms with Gasteiger partial charge in [0.1, 0.15) is 5.75 Å². The molecule has 0 aliphatic carbocycles. The maximum atomic E-state index is 11.3. The van der Waals surface area contributed by atoms with Crippen molar-refractivity contribution in [2.45, 2.75) is 6.54 Å². The van der Waals surface area contributed by atoms with Gasteiger partial charge in [-0.25, -0.2) is 0 Å². The maximum absolute atomic E-state index is 11.3. The van der Waals surface area contributed by atoms with Crippen molar-refractivity contribution in [3.8, 4) is 5.75 Å². The van der Waals surface area contributed by atoms with Crippen molar-refractivity contribution in [2.24, 2.45) is 5.73 Å². The molecule has 20 heavy (non-hydrogen) atoms. The molecule has 0 atom stereocenters. The van der Waals surface area contributed by atoms with Crippen LogP contribution in [0.5, 0.6) is 5.75 Å². The van der Waals surface area contributed by atoms with E-state index in [1.54, 1.807) is 31.4 Å². The molecule has 5 N–H and O–H groups in total. The van der Waals surface area contributed by atoms with E-state index >= 15 is 0 Å². The highest BCUT2D eigenvalue weighted by atomic mass is 16.5. The number of nitrogens with two attached hydrogens (primary N) is 2. The standard InChI is InChI=1S/C15H17N3O2/c1-20-14-7-6-11(16)8-10(14)9-18-13-5-3-2-4-12(13)15(17)19/h2-8,18H,9,16H2,1H3,(H2,17,19). The molecule has 2 aromatic rings. The Morgan fingerprint density at radius 2 is 2.00 bits per heavy atom. The van der Waals surface area contributed by atoms with Gasteiger partial charge in [-0.1, -0.05) is 12.1 Å². The number of nitrogen functional groups attached to an aromatic ring is 1. The Balaban J connectivity index is 2.21. The molecule has 0 aliphatic rings. The van der Waals surface area contributed by atoms with Crippen LogP contribution in [-0.2, 0) is 6.54 Å². The van der Waals surface area contributed by atoms with Crippen LogP contribution in [0.4, 0.5) is 11.4 Å². The van der Waals surface area contributed by atoms with E-state index in [4.69, 9.17) is 16.2 Å². The van der Waals surface area contributed by atoms with Crippen LogP contribution < -0.4 is 21.5 Å². The molecule has 104 valence electrons. The molecule has 0 aromatic heterocycles. The summed E-state index contributed by atoms with van der Waals surface area (Å²) in [6, 6.07) is 12.5. The topological polar surface area (TPSA) is 90.4 Å². The summed E-state index contributed by atoms with van der Waals surface area (Å²) in [5.74, 6) is 0.274. The number of primary amides is 1. The van der Waals surface area contributed by atoms with Gasteiger partial charge in [-0.05, 0) is 30.3 Å². The number of amides is 1. The fourth-order valence-electron chi connectivity index (χ4n) is 1.98. The number of anilines is 2. The lowest BCUT2D eigenvalue weighted by molar-refractivity contribution is 0.100. The minimum absolute atomic E-state index is 0.454. The van der Waals surface area contributed by atoms with Crippen LogP contribution in [0.3, 0.4) is 0 Å². The third-order valence-corrected chi connectivity index (χ3v) is 2.97. The van der Waals surface area contributed by atoms with E-state index in [1.807, 2.05) is 18.2 Å². The van der Waals surface area contributed by atoms with Gasteiger partial charge in [0, 0.05) is 23.5 Å². The molecule has 0 spiro atoms. The summed E-state index contributed by atoms with van der Waals surface area (Å²) in [5.41, 5.74) is 13.8. The van der Waals surface area contributed by atoms with Crippen molar-refractivity contribution in [2.75, 3.05) is 18.2 Å². The number of nitrogens with one attached hydrogen (secondary N) is 1. The van der Waals surface area contributed by atoms with Gasteiger partial charge in [-0.3, -0.25) is 4.79 Å². The van der Waals surface area contributed by atoms with Crippen LogP contribution >= 0.6 is 0 Å². The van der Waals surface area contributed by atoms with Gasteiger partial charge in [0.25, 0.3) is 5.91 Å². The molecule has 0 aliphatic heterocycles. The second-order valence-electron chi connectivity index (χ2n) is 4.33. The summed E-state index contributed by atoms with van der Waals surface area (Å²) in [7, 11) is 1.60. The number of hydrogen-bond acceptors (Lipinski definition) is 4. The minimum Gasteiger partial charge on any atom is -0.496 e. The summed E-state index contributed by atoms with van der Waals surface area (Å²) >= 11 is 0. The minimum atomic E-state index is -0.465. The lowest BCUT2D eigenvalue weighted by atomic mass is 10.1. The van der Waals surface area contributed by atoms with Gasteiger partial charge in [0.2, 0.25) is 0 Å². The van der Waals surface area contributed by atoms with Gasteiger partial charge in [-0.2, -0.15) is 0 Å². The molecule has 0 fully saturated rings. The van der Waals surface area contributed by atoms with E-state index in [9.17, 15) is 4.79 Å². The second-order valence-corrected chi connectivity index (χ2v) is 4.33. The Morgan fingerprint density at radius 3 is 2.70 bits per heavy atom. The van der Waals surface area contributed by atoms with Crippen LogP contribution in [0, 0.1) is 0 Å². The van der Waals surface area contributed by atoms with Gasteiger partial charge >= 0.3 is 0 Å². The number of para-hydroxylation sites is 1. The zero-order chi connectivity index (χ0) is 14.5. The van der Waals surface area contributed by atoms with Gasteiger partial charge in [-0.15, -0.1) is 0 Å².